The highest BCUT2D eigenvalue weighted by Gasteiger charge is 2.16. The van der Waals surface area contributed by atoms with Gasteiger partial charge in [-0.2, -0.15) is 0 Å². The van der Waals surface area contributed by atoms with E-state index in [1.54, 1.807) is 0 Å². The van der Waals surface area contributed by atoms with Crippen molar-refractivity contribution in [3.05, 3.63) is 0 Å². The van der Waals surface area contributed by atoms with E-state index in [2.05, 4.69) is 39.9 Å². The molecule has 15 heavy (non-hydrogen) atoms. The van der Waals surface area contributed by atoms with E-state index in [1.165, 1.54) is 12.8 Å². The number of hydrogen-bond donors (Lipinski definition) is 2. The molecule has 92 valence electrons. The monoisotopic (exact) mass is 215 g/mol. The van der Waals surface area contributed by atoms with Gasteiger partial charge in [0.1, 0.15) is 0 Å². The number of aliphatic hydroxyl groups excluding tert-OH is 1. The molecule has 0 amide bonds. The largest absolute Gasteiger partial charge is 0.392 e. The Morgan fingerprint density at radius 3 is 2.27 bits per heavy atom. The van der Waals surface area contributed by atoms with E-state index in [9.17, 15) is 5.11 Å². The molecule has 0 spiro atoms. The van der Waals surface area contributed by atoms with E-state index in [4.69, 9.17) is 0 Å². The summed E-state index contributed by atoms with van der Waals surface area (Å²) in [6, 6.07) is 0. The fourth-order valence-corrected chi connectivity index (χ4v) is 1.87. The van der Waals surface area contributed by atoms with Gasteiger partial charge in [-0.3, -0.25) is 0 Å². The van der Waals surface area contributed by atoms with Gasteiger partial charge in [-0.25, -0.2) is 0 Å². The van der Waals surface area contributed by atoms with Gasteiger partial charge in [-0.1, -0.05) is 41.0 Å². The second-order valence-corrected chi connectivity index (χ2v) is 5.97. The van der Waals surface area contributed by atoms with Crippen LogP contribution >= 0.6 is 0 Å². The van der Waals surface area contributed by atoms with Crippen LogP contribution in [0.1, 0.15) is 53.9 Å². The van der Waals surface area contributed by atoms with Crippen molar-refractivity contribution in [3.63, 3.8) is 0 Å². The Kier molecular flexibility index (Phi) is 7.20. The van der Waals surface area contributed by atoms with Crippen molar-refractivity contribution in [1.82, 2.24) is 5.32 Å². The van der Waals surface area contributed by atoms with Gasteiger partial charge in [0, 0.05) is 6.54 Å². The maximum absolute atomic E-state index is 9.77. The highest BCUT2D eigenvalue weighted by atomic mass is 16.3. The molecule has 0 fully saturated rings. The summed E-state index contributed by atoms with van der Waals surface area (Å²) in [4.78, 5) is 0. The Labute approximate surface area is 95.5 Å². The van der Waals surface area contributed by atoms with Crippen LogP contribution in [0.3, 0.4) is 0 Å². The first-order chi connectivity index (χ1) is 6.85. The van der Waals surface area contributed by atoms with Gasteiger partial charge >= 0.3 is 0 Å². The lowest BCUT2D eigenvalue weighted by Gasteiger charge is -2.23. The van der Waals surface area contributed by atoms with Gasteiger partial charge in [0.15, 0.2) is 0 Å². The number of aliphatic hydroxyl groups is 1. The molecule has 0 aliphatic heterocycles. The minimum absolute atomic E-state index is 0.209. The summed E-state index contributed by atoms with van der Waals surface area (Å²) < 4.78 is 0. The molecule has 0 saturated heterocycles. The van der Waals surface area contributed by atoms with Crippen molar-refractivity contribution >= 4 is 0 Å². The Morgan fingerprint density at radius 1 is 1.20 bits per heavy atom. The van der Waals surface area contributed by atoms with E-state index in [0.717, 1.165) is 25.4 Å². The summed E-state index contributed by atoms with van der Waals surface area (Å²) in [6.45, 7) is 12.7. The van der Waals surface area contributed by atoms with Crippen LogP contribution in [0.2, 0.25) is 0 Å². The Balaban J connectivity index is 3.50. The van der Waals surface area contributed by atoms with Crippen LogP contribution in [0.5, 0.6) is 0 Å². The molecule has 2 atom stereocenters. The van der Waals surface area contributed by atoms with Gasteiger partial charge in [-0.15, -0.1) is 0 Å². The number of nitrogens with one attached hydrogen (secondary N) is 1. The van der Waals surface area contributed by atoms with Crippen molar-refractivity contribution in [2.75, 3.05) is 13.1 Å². The Morgan fingerprint density at radius 2 is 1.80 bits per heavy atom. The third-order valence-corrected chi connectivity index (χ3v) is 2.50. The molecule has 0 rings (SSSR count). The third-order valence-electron chi connectivity index (χ3n) is 2.50. The van der Waals surface area contributed by atoms with Gasteiger partial charge in [0.2, 0.25) is 0 Å². The van der Waals surface area contributed by atoms with E-state index in [-0.39, 0.29) is 11.5 Å². The van der Waals surface area contributed by atoms with Crippen molar-refractivity contribution in [2.45, 2.75) is 60.0 Å². The molecule has 0 aromatic heterocycles. The van der Waals surface area contributed by atoms with E-state index >= 15 is 0 Å². The lowest BCUT2D eigenvalue weighted by molar-refractivity contribution is 0.118. The summed E-state index contributed by atoms with van der Waals surface area (Å²) in [7, 11) is 0. The van der Waals surface area contributed by atoms with Gasteiger partial charge in [-0.05, 0) is 30.7 Å². The average molecular weight is 215 g/mol. The highest BCUT2D eigenvalue weighted by molar-refractivity contribution is 4.70. The first-order valence-electron chi connectivity index (χ1n) is 6.24. The molecule has 0 heterocycles. The highest BCUT2D eigenvalue weighted by Crippen LogP contribution is 2.20. The zero-order valence-corrected chi connectivity index (χ0v) is 11.1. The van der Waals surface area contributed by atoms with Crippen molar-refractivity contribution < 1.29 is 5.11 Å². The van der Waals surface area contributed by atoms with Crippen LogP contribution in [-0.4, -0.2) is 24.3 Å². The SMILES string of the molecule is CCCC(C)CNCC(O)CC(C)(C)C. The van der Waals surface area contributed by atoms with Crippen LogP contribution in [0.15, 0.2) is 0 Å². The molecule has 2 N–H and O–H groups in total. The first kappa shape index (κ1) is 14.9. The van der Waals surface area contributed by atoms with Crippen molar-refractivity contribution in [2.24, 2.45) is 11.3 Å². The topological polar surface area (TPSA) is 32.3 Å². The van der Waals surface area contributed by atoms with Crippen molar-refractivity contribution in [1.29, 1.82) is 0 Å². The zero-order valence-electron chi connectivity index (χ0n) is 11.1. The standard InChI is InChI=1S/C13H29NO/c1-6-7-11(2)9-14-10-12(15)8-13(3,4)5/h11-12,14-15H,6-10H2,1-5H3. The Hall–Kier alpha value is -0.0800. The summed E-state index contributed by atoms with van der Waals surface area (Å²) in [6.07, 6.45) is 3.16. The minimum atomic E-state index is -0.209. The lowest BCUT2D eigenvalue weighted by Crippen LogP contribution is -2.32. The van der Waals surface area contributed by atoms with Crippen LogP contribution in [-0.2, 0) is 0 Å². The molecule has 0 bridgehead atoms. The summed E-state index contributed by atoms with van der Waals surface area (Å²) in [5, 5.41) is 13.1. The second kappa shape index (κ2) is 7.24. The molecular formula is C13H29NO. The normalized spacial score (nSPS) is 16.4. The van der Waals surface area contributed by atoms with E-state index in [1.807, 2.05) is 0 Å². The second-order valence-electron chi connectivity index (χ2n) is 5.97. The minimum Gasteiger partial charge on any atom is -0.392 e. The lowest BCUT2D eigenvalue weighted by atomic mass is 9.89. The molecule has 0 aliphatic rings. The summed E-state index contributed by atoms with van der Waals surface area (Å²) >= 11 is 0. The van der Waals surface area contributed by atoms with E-state index in [0.29, 0.717) is 0 Å². The fraction of sp³-hybridized carbons (Fsp3) is 1.00. The van der Waals surface area contributed by atoms with Crippen LogP contribution < -0.4 is 5.32 Å². The molecule has 2 nitrogen and oxygen atoms in total. The predicted octanol–water partition coefficient (Wildman–Crippen LogP) is 2.81. The van der Waals surface area contributed by atoms with Gasteiger partial charge in [0.25, 0.3) is 0 Å². The number of rotatable bonds is 7. The average Bonchev–Trinajstić information content (AvgIpc) is 2.00. The Bertz CT molecular complexity index is 151. The quantitative estimate of drug-likeness (QED) is 0.684. The van der Waals surface area contributed by atoms with E-state index < -0.39 is 0 Å². The smallest absolute Gasteiger partial charge is 0.0669 e. The maximum atomic E-state index is 9.77. The molecule has 0 aromatic rings. The maximum Gasteiger partial charge on any atom is 0.0669 e. The molecule has 2 heteroatoms. The predicted molar refractivity (Wildman–Crippen MR) is 67.0 cm³/mol. The molecule has 0 aromatic carbocycles. The number of hydrogen-bond acceptors (Lipinski definition) is 2. The molecule has 2 unspecified atom stereocenters. The summed E-state index contributed by atoms with van der Waals surface area (Å²) in [5.74, 6) is 0.719. The molecular weight excluding hydrogens is 186 g/mol. The third kappa shape index (κ3) is 10.2. The van der Waals surface area contributed by atoms with Crippen LogP contribution in [0.4, 0.5) is 0 Å². The molecule has 0 aliphatic carbocycles. The van der Waals surface area contributed by atoms with Gasteiger partial charge in [0.05, 0.1) is 6.10 Å². The first-order valence-corrected chi connectivity index (χ1v) is 6.24. The zero-order chi connectivity index (χ0) is 11.9. The van der Waals surface area contributed by atoms with Crippen LogP contribution in [0, 0.1) is 11.3 Å². The molecule has 0 saturated carbocycles. The van der Waals surface area contributed by atoms with Crippen LogP contribution in [0.25, 0.3) is 0 Å². The molecule has 0 radical (unpaired) electrons. The summed E-state index contributed by atoms with van der Waals surface area (Å²) in [5.41, 5.74) is 0.218. The van der Waals surface area contributed by atoms with Crippen molar-refractivity contribution in [3.8, 4) is 0 Å². The van der Waals surface area contributed by atoms with Gasteiger partial charge < -0.3 is 10.4 Å². The fourth-order valence-electron chi connectivity index (χ4n) is 1.87.